The van der Waals surface area contributed by atoms with Crippen LogP contribution in [-0.2, 0) is 24.4 Å². The van der Waals surface area contributed by atoms with E-state index in [0.717, 1.165) is 16.5 Å². The molecular weight excluding hydrogens is 493 g/mol. The predicted octanol–water partition coefficient (Wildman–Crippen LogP) is 4.85. The molecule has 5 rings (SSSR count). The zero-order chi connectivity index (χ0) is 26.9. The lowest BCUT2D eigenvalue weighted by atomic mass is 10.1. The van der Waals surface area contributed by atoms with Crippen molar-refractivity contribution in [3.05, 3.63) is 77.7 Å². The van der Waals surface area contributed by atoms with Gasteiger partial charge >= 0.3 is 6.18 Å². The van der Waals surface area contributed by atoms with Crippen LogP contribution in [-0.4, -0.2) is 39.6 Å². The first-order valence-corrected chi connectivity index (χ1v) is 12.3. The molecule has 0 spiro atoms. The Morgan fingerprint density at radius 3 is 2.66 bits per heavy atom. The molecule has 1 amide bonds. The van der Waals surface area contributed by atoms with Crippen molar-refractivity contribution < 1.29 is 18.0 Å². The van der Waals surface area contributed by atoms with Crippen LogP contribution in [0, 0.1) is 11.3 Å². The van der Waals surface area contributed by atoms with Crippen LogP contribution in [0.25, 0.3) is 22.2 Å². The standard InChI is InChI=1S/C28H25F3N6O/c1-36-14-11-21-15-20(8-9-23(21)36)22-16-25(35-27(34-22)28(29,30)31)37-13-2-3-24(37)26(38)33-12-10-18-4-6-19(17-32)7-5-18/h4-9,11,14-16,24H,2-3,10,12-13H2,1H3,(H,33,38)/t24-/m0/s1. The molecule has 1 aliphatic rings. The van der Waals surface area contributed by atoms with Crippen molar-refractivity contribution in [1.82, 2.24) is 19.9 Å². The molecule has 0 unspecified atom stereocenters. The molecule has 2 aromatic heterocycles. The summed E-state index contributed by atoms with van der Waals surface area (Å²) in [7, 11) is 1.90. The fourth-order valence-corrected chi connectivity index (χ4v) is 4.80. The fraction of sp³-hybridized carbons (Fsp3) is 0.286. The van der Waals surface area contributed by atoms with Gasteiger partial charge in [-0.1, -0.05) is 18.2 Å². The molecule has 0 aliphatic carbocycles. The molecular formula is C28H25F3N6O. The lowest BCUT2D eigenvalue weighted by Gasteiger charge is -2.26. The van der Waals surface area contributed by atoms with Gasteiger partial charge in [-0.05, 0) is 55.2 Å². The van der Waals surface area contributed by atoms with E-state index >= 15 is 0 Å². The molecule has 10 heteroatoms. The third-order valence-electron chi connectivity index (χ3n) is 6.79. The summed E-state index contributed by atoms with van der Waals surface area (Å²) in [5.74, 6) is -1.40. The van der Waals surface area contributed by atoms with Gasteiger partial charge in [0.25, 0.3) is 0 Å². The first-order valence-electron chi connectivity index (χ1n) is 12.3. The summed E-state index contributed by atoms with van der Waals surface area (Å²) in [4.78, 5) is 22.3. The van der Waals surface area contributed by atoms with Crippen LogP contribution in [0.2, 0.25) is 0 Å². The second-order valence-corrected chi connectivity index (χ2v) is 9.33. The Labute approximate surface area is 217 Å². The Balaban J connectivity index is 1.38. The number of aryl methyl sites for hydroxylation is 1. The molecule has 1 N–H and O–H groups in total. The highest BCUT2D eigenvalue weighted by molar-refractivity contribution is 5.87. The second-order valence-electron chi connectivity index (χ2n) is 9.33. The van der Waals surface area contributed by atoms with E-state index in [1.807, 2.05) is 42.1 Å². The van der Waals surface area contributed by atoms with Gasteiger partial charge in [0.2, 0.25) is 11.7 Å². The van der Waals surface area contributed by atoms with Crippen LogP contribution in [0.3, 0.4) is 0 Å². The highest BCUT2D eigenvalue weighted by atomic mass is 19.4. The number of nitriles is 1. The summed E-state index contributed by atoms with van der Waals surface area (Å²) in [6.45, 7) is 0.786. The van der Waals surface area contributed by atoms with Gasteiger partial charge in [0.05, 0.1) is 17.3 Å². The number of rotatable bonds is 6. The largest absolute Gasteiger partial charge is 0.451 e. The van der Waals surface area contributed by atoms with E-state index in [-0.39, 0.29) is 17.4 Å². The van der Waals surface area contributed by atoms with Crippen molar-refractivity contribution in [2.75, 3.05) is 18.0 Å². The quantitative estimate of drug-likeness (QED) is 0.394. The van der Waals surface area contributed by atoms with Crippen LogP contribution < -0.4 is 10.2 Å². The average molecular weight is 519 g/mol. The van der Waals surface area contributed by atoms with E-state index < -0.39 is 18.0 Å². The molecule has 38 heavy (non-hydrogen) atoms. The number of alkyl halides is 3. The van der Waals surface area contributed by atoms with E-state index in [2.05, 4.69) is 21.4 Å². The second kappa shape index (κ2) is 10.2. The lowest BCUT2D eigenvalue weighted by Crippen LogP contribution is -2.44. The molecule has 7 nitrogen and oxygen atoms in total. The fourth-order valence-electron chi connectivity index (χ4n) is 4.80. The van der Waals surface area contributed by atoms with E-state index in [9.17, 15) is 18.0 Å². The van der Waals surface area contributed by atoms with Crippen LogP contribution in [0.5, 0.6) is 0 Å². The van der Waals surface area contributed by atoms with E-state index in [0.29, 0.717) is 43.5 Å². The molecule has 194 valence electrons. The molecule has 0 radical (unpaired) electrons. The minimum absolute atomic E-state index is 0.0835. The first-order chi connectivity index (χ1) is 18.2. The van der Waals surface area contributed by atoms with E-state index in [1.165, 1.54) is 6.07 Å². The number of benzene rings is 2. The molecule has 1 fully saturated rings. The number of carbonyl (C=O) groups is 1. The predicted molar refractivity (Wildman–Crippen MR) is 137 cm³/mol. The van der Waals surface area contributed by atoms with E-state index in [4.69, 9.17) is 5.26 Å². The van der Waals surface area contributed by atoms with Crippen LogP contribution in [0.15, 0.2) is 60.8 Å². The number of fused-ring (bicyclic) bond motifs is 1. The number of nitrogens with zero attached hydrogens (tertiary/aromatic N) is 5. The van der Waals surface area contributed by atoms with Crippen molar-refractivity contribution in [2.24, 2.45) is 7.05 Å². The molecule has 0 bridgehead atoms. The van der Waals surface area contributed by atoms with Crippen LogP contribution in [0.4, 0.5) is 19.0 Å². The topological polar surface area (TPSA) is 86.8 Å². The Bertz CT molecular complexity index is 1520. The maximum Gasteiger partial charge on any atom is 0.451 e. The van der Waals surface area contributed by atoms with Crippen molar-refractivity contribution in [1.29, 1.82) is 5.26 Å². The molecule has 3 heterocycles. The summed E-state index contributed by atoms with van der Waals surface area (Å²) >= 11 is 0. The maximum absolute atomic E-state index is 13.8. The summed E-state index contributed by atoms with van der Waals surface area (Å²) in [6, 6.07) is 17.4. The Morgan fingerprint density at radius 1 is 1.13 bits per heavy atom. The monoisotopic (exact) mass is 518 g/mol. The SMILES string of the molecule is Cn1ccc2cc(-c3cc(N4CCC[C@H]4C(=O)NCCc4ccc(C#N)cc4)nc(C(F)(F)F)n3)ccc21. The first kappa shape index (κ1) is 25.3. The number of hydrogen-bond acceptors (Lipinski definition) is 5. The Morgan fingerprint density at radius 2 is 1.92 bits per heavy atom. The minimum Gasteiger partial charge on any atom is -0.354 e. The van der Waals surface area contributed by atoms with Crippen LogP contribution in [0.1, 0.15) is 29.8 Å². The summed E-state index contributed by atoms with van der Waals surface area (Å²) in [5.41, 5.74) is 3.18. The Hall–Kier alpha value is -4.39. The minimum atomic E-state index is -4.74. The number of aromatic nitrogens is 3. The smallest absolute Gasteiger partial charge is 0.354 e. The van der Waals surface area contributed by atoms with Crippen molar-refractivity contribution in [2.45, 2.75) is 31.5 Å². The molecule has 1 aliphatic heterocycles. The number of nitrogens with one attached hydrogen (secondary N) is 1. The third kappa shape index (κ3) is 5.18. The van der Waals surface area contributed by atoms with Gasteiger partial charge in [0, 0.05) is 48.9 Å². The summed E-state index contributed by atoms with van der Waals surface area (Å²) < 4.78 is 43.3. The number of amides is 1. The highest BCUT2D eigenvalue weighted by Gasteiger charge is 2.38. The van der Waals surface area contributed by atoms with Gasteiger partial charge in [-0.25, -0.2) is 9.97 Å². The van der Waals surface area contributed by atoms with Crippen molar-refractivity contribution in [3.8, 4) is 17.3 Å². The summed E-state index contributed by atoms with van der Waals surface area (Å²) in [6.07, 6.45) is -1.11. The van der Waals surface area contributed by atoms with Gasteiger partial charge in [0.15, 0.2) is 0 Å². The van der Waals surface area contributed by atoms with Gasteiger partial charge in [-0.3, -0.25) is 4.79 Å². The molecule has 0 saturated carbocycles. The number of carbonyl (C=O) groups excluding carboxylic acids is 1. The maximum atomic E-state index is 13.8. The van der Waals surface area contributed by atoms with Gasteiger partial charge in [-0.15, -0.1) is 0 Å². The van der Waals surface area contributed by atoms with Crippen molar-refractivity contribution >= 4 is 22.6 Å². The van der Waals surface area contributed by atoms with Crippen molar-refractivity contribution in [3.63, 3.8) is 0 Å². The van der Waals surface area contributed by atoms with Gasteiger partial charge in [-0.2, -0.15) is 18.4 Å². The number of anilines is 1. The molecule has 2 aromatic carbocycles. The zero-order valence-corrected chi connectivity index (χ0v) is 20.7. The lowest BCUT2D eigenvalue weighted by molar-refractivity contribution is -0.144. The highest BCUT2D eigenvalue weighted by Crippen LogP contribution is 2.34. The normalized spacial score (nSPS) is 15.6. The average Bonchev–Trinajstić information content (AvgIpc) is 3.55. The molecule has 4 aromatic rings. The van der Waals surface area contributed by atoms with Gasteiger partial charge in [0.1, 0.15) is 11.9 Å². The van der Waals surface area contributed by atoms with Gasteiger partial charge < -0.3 is 14.8 Å². The van der Waals surface area contributed by atoms with Crippen LogP contribution >= 0.6 is 0 Å². The summed E-state index contributed by atoms with van der Waals surface area (Å²) in [5, 5.41) is 12.7. The third-order valence-corrected chi connectivity index (χ3v) is 6.79. The molecule has 1 saturated heterocycles. The zero-order valence-electron chi connectivity index (χ0n) is 20.7. The Kier molecular flexibility index (Phi) is 6.76. The van der Waals surface area contributed by atoms with E-state index in [1.54, 1.807) is 29.2 Å². The number of halogens is 3. The molecule has 1 atom stereocenters. The number of hydrogen-bond donors (Lipinski definition) is 1.